The summed E-state index contributed by atoms with van der Waals surface area (Å²) in [4.78, 5) is 25.2. The van der Waals surface area contributed by atoms with Crippen LogP contribution in [0.15, 0.2) is 97.2 Å². The van der Waals surface area contributed by atoms with Gasteiger partial charge in [0.05, 0.1) is 6.61 Å². The average molecular weight is 805 g/mol. The summed E-state index contributed by atoms with van der Waals surface area (Å²) in [6, 6.07) is 0. The molecule has 0 saturated heterocycles. The average Bonchev–Trinajstić information content (AvgIpc) is 3.22. The molecule has 58 heavy (non-hydrogen) atoms. The molecule has 0 N–H and O–H groups in total. The zero-order valence-corrected chi connectivity index (χ0v) is 37.8. The predicted molar refractivity (Wildman–Crippen MR) is 251 cm³/mol. The Bertz CT molecular complexity index is 1140. The van der Waals surface area contributed by atoms with Crippen molar-refractivity contribution in [2.45, 2.75) is 207 Å². The minimum absolute atomic E-state index is 0.0467. The summed E-state index contributed by atoms with van der Waals surface area (Å²) >= 11 is 0. The molecule has 0 amide bonds. The molecule has 0 aliphatic rings. The van der Waals surface area contributed by atoms with Gasteiger partial charge in [0.25, 0.3) is 0 Å². The Morgan fingerprint density at radius 2 is 0.793 bits per heavy atom. The lowest BCUT2D eigenvalue weighted by Crippen LogP contribution is -2.30. The minimum atomic E-state index is -0.567. The first kappa shape index (κ1) is 54.8. The van der Waals surface area contributed by atoms with Crippen LogP contribution in [0.5, 0.6) is 0 Å². The van der Waals surface area contributed by atoms with E-state index >= 15 is 0 Å². The van der Waals surface area contributed by atoms with Crippen LogP contribution in [-0.4, -0.2) is 37.9 Å². The van der Waals surface area contributed by atoms with E-state index in [2.05, 4.69) is 118 Å². The van der Waals surface area contributed by atoms with E-state index in [1.54, 1.807) is 0 Å². The van der Waals surface area contributed by atoms with Gasteiger partial charge in [0.15, 0.2) is 6.10 Å². The van der Waals surface area contributed by atoms with Crippen LogP contribution in [-0.2, 0) is 23.8 Å². The molecule has 0 saturated carbocycles. The van der Waals surface area contributed by atoms with Crippen molar-refractivity contribution >= 4 is 11.9 Å². The van der Waals surface area contributed by atoms with Gasteiger partial charge >= 0.3 is 11.9 Å². The lowest BCUT2D eigenvalue weighted by Gasteiger charge is -2.18. The maximum atomic E-state index is 12.7. The van der Waals surface area contributed by atoms with Crippen molar-refractivity contribution in [3.63, 3.8) is 0 Å². The van der Waals surface area contributed by atoms with Crippen molar-refractivity contribution in [3.05, 3.63) is 97.2 Å². The third kappa shape index (κ3) is 45.5. The van der Waals surface area contributed by atoms with Gasteiger partial charge in [0, 0.05) is 19.4 Å². The number of carbonyl (C=O) groups is 2. The summed E-state index contributed by atoms with van der Waals surface area (Å²) in [5.74, 6) is -0.479. The van der Waals surface area contributed by atoms with Crippen molar-refractivity contribution < 1.29 is 23.8 Å². The predicted octanol–water partition coefficient (Wildman–Crippen LogP) is 15.9. The van der Waals surface area contributed by atoms with Crippen molar-refractivity contribution in [1.29, 1.82) is 0 Å². The van der Waals surface area contributed by atoms with E-state index in [-0.39, 0.29) is 25.2 Å². The van der Waals surface area contributed by atoms with Gasteiger partial charge < -0.3 is 14.2 Å². The summed E-state index contributed by atoms with van der Waals surface area (Å²) in [6.45, 7) is 7.49. The number of hydrogen-bond acceptors (Lipinski definition) is 5. The maximum Gasteiger partial charge on any atom is 0.306 e. The smallest absolute Gasteiger partial charge is 0.306 e. The van der Waals surface area contributed by atoms with Crippen LogP contribution < -0.4 is 0 Å². The van der Waals surface area contributed by atoms with E-state index in [1.807, 2.05) is 0 Å². The van der Waals surface area contributed by atoms with E-state index in [0.29, 0.717) is 19.4 Å². The van der Waals surface area contributed by atoms with E-state index < -0.39 is 6.10 Å². The van der Waals surface area contributed by atoms with Crippen molar-refractivity contribution in [1.82, 2.24) is 0 Å². The van der Waals surface area contributed by atoms with Gasteiger partial charge in [-0.3, -0.25) is 9.59 Å². The van der Waals surface area contributed by atoms with Crippen LogP contribution in [0.3, 0.4) is 0 Å². The molecule has 0 fully saturated rings. The van der Waals surface area contributed by atoms with Gasteiger partial charge in [-0.2, -0.15) is 0 Å². The Balaban J connectivity index is 4.34. The molecular weight excluding hydrogens is 717 g/mol. The van der Waals surface area contributed by atoms with Gasteiger partial charge in [-0.05, 0) is 89.9 Å². The lowest BCUT2D eigenvalue weighted by molar-refractivity contribution is -0.163. The second-order valence-electron chi connectivity index (χ2n) is 15.3. The molecule has 0 aliphatic carbocycles. The van der Waals surface area contributed by atoms with Crippen molar-refractivity contribution in [3.8, 4) is 0 Å². The number of rotatable bonds is 42. The molecule has 0 radical (unpaired) electrons. The zero-order chi connectivity index (χ0) is 42.1. The molecule has 1 atom stereocenters. The van der Waals surface area contributed by atoms with Crippen LogP contribution in [0.25, 0.3) is 0 Å². The number of allylic oxidation sites excluding steroid dienone is 16. The van der Waals surface area contributed by atoms with E-state index in [1.165, 1.54) is 64.2 Å². The van der Waals surface area contributed by atoms with E-state index in [0.717, 1.165) is 103 Å². The van der Waals surface area contributed by atoms with E-state index in [9.17, 15) is 9.59 Å². The molecule has 5 nitrogen and oxygen atoms in total. The second-order valence-corrected chi connectivity index (χ2v) is 15.3. The first-order valence-corrected chi connectivity index (χ1v) is 23.8. The molecule has 0 heterocycles. The highest BCUT2D eigenvalue weighted by Gasteiger charge is 2.17. The molecule has 5 heteroatoms. The standard InChI is InChI=1S/C53H88O5/c1-4-7-10-13-16-19-21-23-25-27-28-30-32-35-37-40-43-46-52(54)57-50-51(58-53(55)47-44-41-38-34-18-15-12-9-6-3)49-56-48-45-42-39-36-33-31-29-26-24-22-20-17-14-11-8-5-2/h7-8,10-11,16-17,19-20,23-26,28,30,35,37,51H,4-6,9,12-15,18,21-22,27,29,31-34,36,38-50H2,1-3H3/b10-7-,11-8-,19-16-,20-17-,25-23-,26-24-,30-28-,37-35-. The molecule has 0 aromatic carbocycles. The summed E-state index contributed by atoms with van der Waals surface area (Å²) in [6.07, 6.45) is 64.2. The second kappa shape index (κ2) is 48.2. The fourth-order valence-corrected chi connectivity index (χ4v) is 6.15. The third-order valence-electron chi connectivity index (χ3n) is 9.62. The largest absolute Gasteiger partial charge is 0.462 e. The number of esters is 2. The molecule has 1 unspecified atom stereocenters. The van der Waals surface area contributed by atoms with Crippen LogP contribution in [0.1, 0.15) is 201 Å². The highest BCUT2D eigenvalue weighted by atomic mass is 16.6. The lowest BCUT2D eigenvalue weighted by atomic mass is 10.1. The van der Waals surface area contributed by atoms with Gasteiger partial charge in [-0.1, -0.05) is 195 Å². The molecular formula is C53H88O5. The number of hydrogen-bond donors (Lipinski definition) is 0. The van der Waals surface area contributed by atoms with Crippen LogP contribution in [0, 0.1) is 0 Å². The van der Waals surface area contributed by atoms with E-state index in [4.69, 9.17) is 14.2 Å². The Morgan fingerprint density at radius 1 is 0.397 bits per heavy atom. The highest BCUT2D eigenvalue weighted by Crippen LogP contribution is 2.13. The Kier molecular flexibility index (Phi) is 45.5. The first-order chi connectivity index (χ1) is 28.6. The number of carbonyl (C=O) groups excluding carboxylic acids is 2. The minimum Gasteiger partial charge on any atom is -0.462 e. The Morgan fingerprint density at radius 3 is 1.29 bits per heavy atom. The summed E-state index contributed by atoms with van der Waals surface area (Å²) < 4.78 is 17.3. The molecule has 0 aromatic rings. The number of ether oxygens (including phenoxy) is 3. The Hall–Kier alpha value is -3.18. The zero-order valence-electron chi connectivity index (χ0n) is 37.8. The van der Waals surface area contributed by atoms with Crippen LogP contribution >= 0.6 is 0 Å². The van der Waals surface area contributed by atoms with Crippen LogP contribution in [0.2, 0.25) is 0 Å². The summed E-state index contributed by atoms with van der Waals surface area (Å²) in [5, 5.41) is 0. The fraction of sp³-hybridized carbons (Fsp3) is 0.660. The Labute approximate surface area is 358 Å². The van der Waals surface area contributed by atoms with Crippen LogP contribution in [0.4, 0.5) is 0 Å². The monoisotopic (exact) mass is 805 g/mol. The summed E-state index contributed by atoms with van der Waals surface area (Å²) in [5.41, 5.74) is 0. The SMILES string of the molecule is CC/C=C\C/C=C\C/C=C\C/C=C\C/C=C\CCCC(=O)OCC(COCCCCCCCC/C=C\C/C=C\C/C=C\CC)OC(=O)CCCCCCCCCCC. The molecule has 0 spiro atoms. The van der Waals surface area contributed by atoms with Gasteiger partial charge in [-0.25, -0.2) is 0 Å². The molecule has 0 bridgehead atoms. The number of unbranched alkanes of at least 4 members (excludes halogenated alkanes) is 15. The maximum absolute atomic E-state index is 12.7. The molecule has 0 rings (SSSR count). The van der Waals surface area contributed by atoms with Gasteiger partial charge in [0.2, 0.25) is 0 Å². The van der Waals surface area contributed by atoms with Crippen molar-refractivity contribution in [2.75, 3.05) is 19.8 Å². The topological polar surface area (TPSA) is 61.8 Å². The quantitative estimate of drug-likeness (QED) is 0.0349. The summed E-state index contributed by atoms with van der Waals surface area (Å²) in [7, 11) is 0. The molecule has 0 aliphatic heterocycles. The highest BCUT2D eigenvalue weighted by molar-refractivity contribution is 5.70. The van der Waals surface area contributed by atoms with Gasteiger partial charge in [0.1, 0.15) is 6.61 Å². The fourth-order valence-electron chi connectivity index (χ4n) is 6.15. The normalized spacial score (nSPS) is 13.1. The first-order valence-electron chi connectivity index (χ1n) is 23.8. The van der Waals surface area contributed by atoms with Crippen molar-refractivity contribution in [2.24, 2.45) is 0 Å². The molecule has 330 valence electrons. The third-order valence-corrected chi connectivity index (χ3v) is 9.62. The molecule has 0 aromatic heterocycles. The van der Waals surface area contributed by atoms with Gasteiger partial charge in [-0.15, -0.1) is 0 Å².